The minimum absolute atomic E-state index is 0.241. The molecule has 88 valence electrons. The minimum atomic E-state index is -5.07. The summed E-state index contributed by atoms with van der Waals surface area (Å²) >= 11 is 5.25. The van der Waals surface area contributed by atoms with E-state index >= 15 is 0 Å². The molecule has 0 spiro atoms. The molecule has 0 aliphatic rings. The van der Waals surface area contributed by atoms with Crippen molar-refractivity contribution in [3.8, 4) is 5.75 Å². The lowest BCUT2D eigenvalue weighted by Gasteiger charge is -2.04. The van der Waals surface area contributed by atoms with Crippen molar-refractivity contribution >= 4 is 33.7 Å². The molecule has 1 amide bonds. The topological polar surface area (TPSA) is 72.5 Å². The normalized spacial score (nSPS) is 10.9. The van der Waals surface area contributed by atoms with E-state index in [-0.39, 0.29) is 17.3 Å². The molecule has 0 aliphatic heterocycles. The molecule has 0 aromatic heterocycles. The van der Waals surface area contributed by atoms with E-state index in [4.69, 9.17) is 11.6 Å². The summed E-state index contributed by atoms with van der Waals surface area (Å²) in [5.74, 6) is -0.955. The lowest BCUT2D eigenvalue weighted by molar-refractivity contribution is -0.113. The van der Waals surface area contributed by atoms with Crippen LogP contribution < -0.4 is 9.50 Å². The highest BCUT2D eigenvalue weighted by atomic mass is 35.5. The zero-order valence-electron chi connectivity index (χ0n) is 7.81. The highest BCUT2D eigenvalue weighted by Gasteiger charge is 2.10. The van der Waals surface area contributed by atoms with Gasteiger partial charge in [-0.25, -0.2) is 0 Å². The number of rotatable bonds is 4. The predicted molar refractivity (Wildman–Crippen MR) is 56.4 cm³/mol. The van der Waals surface area contributed by atoms with Gasteiger partial charge >= 0.3 is 10.5 Å². The van der Waals surface area contributed by atoms with Gasteiger partial charge < -0.3 is 9.50 Å². The Morgan fingerprint density at radius 1 is 1.50 bits per heavy atom. The second kappa shape index (κ2) is 5.13. The minimum Gasteiger partial charge on any atom is -0.358 e. The quantitative estimate of drug-likeness (QED) is 0.662. The Bertz CT molecular complexity index is 491. The average Bonchev–Trinajstić information content (AvgIpc) is 2.15. The second-order valence-corrected chi connectivity index (χ2v) is 3.91. The van der Waals surface area contributed by atoms with Crippen molar-refractivity contribution in [2.24, 2.45) is 0 Å². The molecule has 0 fully saturated rings. The number of alkyl halides is 1. The van der Waals surface area contributed by atoms with E-state index in [0.717, 1.165) is 6.07 Å². The van der Waals surface area contributed by atoms with Gasteiger partial charge in [-0.2, -0.15) is 8.42 Å². The zero-order valence-corrected chi connectivity index (χ0v) is 9.39. The van der Waals surface area contributed by atoms with Gasteiger partial charge in [0.1, 0.15) is 11.6 Å². The Balaban J connectivity index is 2.83. The third-order valence-electron chi connectivity index (χ3n) is 1.43. The molecular weight excluding hydrogens is 261 g/mol. The van der Waals surface area contributed by atoms with Crippen molar-refractivity contribution in [3.63, 3.8) is 0 Å². The monoisotopic (exact) mass is 267 g/mol. The van der Waals surface area contributed by atoms with E-state index in [9.17, 15) is 17.1 Å². The molecule has 0 saturated heterocycles. The maximum Gasteiger partial charge on any atom is 0.488 e. The number of amides is 1. The van der Waals surface area contributed by atoms with E-state index in [1.807, 2.05) is 0 Å². The van der Waals surface area contributed by atoms with Gasteiger partial charge in [-0.15, -0.1) is 11.6 Å². The molecule has 0 aliphatic carbocycles. The van der Waals surface area contributed by atoms with Crippen LogP contribution in [0.25, 0.3) is 0 Å². The highest BCUT2D eigenvalue weighted by molar-refractivity contribution is 7.81. The molecule has 16 heavy (non-hydrogen) atoms. The molecule has 0 atom stereocenters. The van der Waals surface area contributed by atoms with Crippen molar-refractivity contribution < 1.29 is 21.3 Å². The van der Waals surface area contributed by atoms with Gasteiger partial charge in [0, 0.05) is 11.8 Å². The number of hydrogen-bond donors (Lipinski definition) is 1. The molecule has 5 nitrogen and oxygen atoms in total. The van der Waals surface area contributed by atoms with E-state index < -0.39 is 16.4 Å². The van der Waals surface area contributed by atoms with Gasteiger partial charge in [0.25, 0.3) is 0 Å². The Morgan fingerprint density at radius 3 is 2.75 bits per heavy atom. The van der Waals surface area contributed by atoms with Crippen LogP contribution in [0.4, 0.5) is 9.57 Å². The summed E-state index contributed by atoms with van der Waals surface area (Å²) in [4.78, 5) is 10.9. The first-order valence-corrected chi connectivity index (χ1v) is 5.85. The van der Waals surface area contributed by atoms with Gasteiger partial charge in [0.05, 0.1) is 0 Å². The summed E-state index contributed by atoms with van der Waals surface area (Å²) in [7, 11) is -5.07. The standard InChI is InChI=1S/C8H7ClFNO4S/c9-5-8(12)11-6-2-1-3-7(4-6)15-16(10,13)14/h1-4H,5H2,(H,11,12). The number of carbonyl (C=O) groups excluding carboxylic acids is 1. The van der Waals surface area contributed by atoms with Crippen LogP contribution in [-0.2, 0) is 15.3 Å². The molecule has 1 rings (SSSR count). The summed E-state index contributed by atoms with van der Waals surface area (Å²) in [5.41, 5.74) is 0.256. The summed E-state index contributed by atoms with van der Waals surface area (Å²) in [6, 6.07) is 5.25. The van der Waals surface area contributed by atoms with Crippen LogP contribution in [0.3, 0.4) is 0 Å². The van der Waals surface area contributed by atoms with E-state index in [2.05, 4.69) is 9.50 Å². The molecule has 0 heterocycles. The number of benzene rings is 1. The van der Waals surface area contributed by atoms with Crippen LogP contribution in [0.1, 0.15) is 0 Å². The lowest BCUT2D eigenvalue weighted by Crippen LogP contribution is -2.12. The highest BCUT2D eigenvalue weighted by Crippen LogP contribution is 2.19. The van der Waals surface area contributed by atoms with Gasteiger partial charge in [-0.3, -0.25) is 4.79 Å². The molecular formula is C8H7ClFNO4S. The van der Waals surface area contributed by atoms with Crippen molar-refractivity contribution in [1.82, 2.24) is 0 Å². The number of nitrogens with one attached hydrogen (secondary N) is 1. The summed E-state index contributed by atoms with van der Waals surface area (Å²) in [6.07, 6.45) is 0. The third-order valence-corrected chi connectivity index (χ3v) is 2.07. The van der Waals surface area contributed by atoms with Crippen LogP contribution in [-0.4, -0.2) is 20.2 Å². The van der Waals surface area contributed by atoms with Crippen LogP contribution in [0, 0.1) is 0 Å². The number of carbonyl (C=O) groups is 1. The molecule has 0 saturated carbocycles. The molecule has 8 heteroatoms. The first-order valence-electron chi connectivity index (χ1n) is 4.00. The first-order chi connectivity index (χ1) is 7.40. The third kappa shape index (κ3) is 4.45. The van der Waals surface area contributed by atoms with E-state index in [0.29, 0.717) is 0 Å². The van der Waals surface area contributed by atoms with Crippen LogP contribution in [0.5, 0.6) is 5.75 Å². The molecule has 1 aromatic rings. The Hall–Kier alpha value is -1.34. The van der Waals surface area contributed by atoms with Crippen LogP contribution >= 0.6 is 11.6 Å². The number of halogens is 2. The first kappa shape index (κ1) is 12.7. The fourth-order valence-corrected chi connectivity index (χ4v) is 1.34. The SMILES string of the molecule is O=C(CCl)Nc1cccc(OS(=O)(=O)F)c1. The fraction of sp³-hybridized carbons (Fsp3) is 0.125. The van der Waals surface area contributed by atoms with Gasteiger partial charge in [-0.1, -0.05) is 9.95 Å². The summed E-state index contributed by atoms with van der Waals surface area (Å²) < 4.78 is 36.5. The van der Waals surface area contributed by atoms with Crippen molar-refractivity contribution in [3.05, 3.63) is 24.3 Å². The van der Waals surface area contributed by atoms with Gasteiger partial charge in [0.15, 0.2) is 0 Å². The molecule has 0 unspecified atom stereocenters. The summed E-state index contributed by atoms with van der Waals surface area (Å²) in [6.45, 7) is 0. The smallest absolute Gasteiger partial charge is 0.358 e. The molecule has 0 radical (unpaired) electrons. The Morgan fingerprint density at radius 2 is 2.19 bits per heavy atom. The maximum atomic E-state index is 12.2. The maximum absolute atomic E-state index is 12.2. The molecule has 0 bridgehead atoms. The predicted octanol–water partition coefficient (Wildman–Crippen LogP) is 1.46. The fourth-order valence-electron chi connectivity index (χ4n) is 0.935. The van der Waals surface area contributed by atoms with Crippen molar-refractivity contribution in [1.29, 1.82) is 0 Å². The second-order valence-electron chi connectivity index (χ2n) is 2.69. The van der Waals surface area contributed by atoms with Crippen molar-refractivity contribution in [2.45, 2.75) is 0 Å². The van der Waals surface area contributed by atoms with Gasteiger partial charge in [-0.05, 0) is 12.1 Å². The Labute approximate surface area is 96.6 Å². The van der Waals surface area contributed by atoms with E-state index in [1.165, 1.54) is 18.2 Å². The van der Waals surface area contributed by atoms with Gasteiger partial charge in [0.2, 0.25) is 5.91 Å². The zero-order chi connectivity index (χ0) is 12.2. The van der Waals surface area contributed by atoms with Crippen LogP contribution in [0.2, 0.25) is 0 Å². The van der Waals surface area contributed by atoms with Crippen molar-refractivity contribution in [2.75, 3.05) is 11.2 Å². The Kier molecular flexibility index (Phi) is 4.08. The van der Waals surface area contributed by atoms with E-state index in [1.54, 1.807) is 0 Å². The summed E-state index contributed by atoms with van der Waals surface area (Å²) in [5, 5.41) is 2.35. The number of hydrogen-bond acceptors (Lipinski definition) is 4. The number of anilines is 1. The molecule has 1 aromatic carbocycles. The molecule has 1 N–H and O–H groups in total. The largest absolute Gasteiger partial charge is 0.488 e. The lowest BCUT2D eigenvalue weighted by atomic mass is 10.3. The average molecular weight is 268 g/mol. The van der Waals surface area contributed by atoms with Crippen LogP contribution in [0.15, 0.2) is 24.3 Å².